The fourth-order valence-electron chi connectivity index (χ4n) is 3.68. The molecule has 5 nitrogen and oxygen atoms in total. The van der Waals surface area contributed by atoms with Gasteiger partial charge in [0, 0.05) is 6.54 Å². The number of nitrogens with zero attached hydrogens (tertiary/aromatic N) is 1. The van der Waals surface area contributed by atoms with Crippen LogP contribution < -0.4 is 5.73 Å². The van der Waals surface area contributed by atoms with Crippen LogP contribution in [-0.2, 0) is 27.8 Å². The summed E-state index contributed by atoms with van der Waals surface area (Å²) in [6.45, 7) is 7.57. The van der Waals surface area contributed by atoms with Crippen LogP contribution in [-0.4, -0.2) is 24.7 Å². The summed E-state index contributed by atoms with van der Waals surface area (Å²) in [6.07, 6.45) is 0.299. The SMILES string of the molecule is Cc1cc(C)c(C)c(S(=O)(=O)N2Cc3ccccc3C[C@H]2C(N)=O)c1C. The van der Waals surface area contributed by atoms with Crippen molar-refractivity contribution in [2.45, 2.75) is 51.6 Å². The highest BCUT2D eigenvalue weighted by Gasteiger charge is 2.40. The standard InChI is InChI=1S/C20H24N2O3S/c1-12-9-13(2)15(4)19(14(12)3)26(24,25)22-11-17-8-6-5-7-16(17)10-18(22)20(21)23/h5-9,18H,10-11H2,1-4H3,(H2,21,23)/t18-/m0/s1. The minimum atomic E-state index is -3.87. The van der Waals surface area contributed by atoms with Crippen molar-refractivity contribution in [3.05, 3.63) is 63.7 Å². The van der Waals surface area contributed by atoms with E-state index >= 15 is 0 Å². The number of fused-ring (bicyclic) bond motifs is 1. The quantitative estimate of drug-likeness (QED) is 0.899. The topological polar surface area (TPSA) is 80.5 Å². The largest absolute Gasteiger partial charge is 0.368 e. The molecule has 0 aromatic heterocycles. The van der Waals surface area contributed by atoms with E-state index in [0.29, 0.717) is 11.3 Å². The van der Waals surface area contributed by atoms with Gasteiger partial charge in [0.15, 0.2) is 0 Å². The van der Waals surface area contributed by atoms with Crippen LogP contribution in [0.25, 0.3) is 0 Å². The molecule has 1 heterocycles. The molecule has 1 atom stereocenters. The molecule has 0 fully saturated rings. The Morgan fingerprint density at radius 2 is 1.58 bits per heavy atom. The number of amides is 1. The van der Waals surface area contributed by atoms with Gasteiger partial charge in [0.2, 0.25) is 15.9 Å². The van der Waals surface area contributed by atoms with Gasteiger partial charge in [0.05, 0.1) is 4.90 Å². The Morgan fingerprint density at radius 3 is 2.12 bits per heavy atom. The Hall–Kier alpha value is -2.18. The number of nitrogens with two attached hydrogens (primary N) is 1. The molecule has 26 heavy (non-hydrogen) atoms. The first-order valence-corrected chi connectivity index (χ1v) is 10.0. The van der Waals surface area contributed by atoms with Crippen molar-refractivity contribution >= 4 is 15.9 Å². The number of carbonyl (C=O) groups excluding carboxylic acids is 1. The molecule has 1 aliphatic heterocycles. The molecule has 2 N–H and O–H groups in total. The third kappa shape index (κ3) is 2.93. The molecule has 1 aliphatic rings. The lowest BCUT2D eigenvalue weighted by Gasteiger charge is -2.35. The zero-order valence-corrected chi connectivity index (χ0v) is 16.4. The van der Waals surface area contributed by atoms with Crippen LogP contribution >= 0.6 is 0 Å². The van der Waals surface area contributed by atoms with Gasteiger partial charge >= 0.3 is 0 Å². The maximum Gasteiger partial charge on any atom is 0.244 e. The predicted octanol–water partition coefficient (Wildman–Crippen LogP) is 2.52. The summed E-state index contributed by atoms with van der Waals surface area (Å²) in [4.78, 5) is 12.4. The highest BCUT2D eigenvalue weighted by Crippen LogP contribution is 2.33. The second-order valence-corrected chi connectivity index (χ2v) is 8.86. The van der Waals surface area contributed by atoms with Gasteiger partial charge in [0.1, 0.15) is 6.04 Å². The molecule has 0 saturated carbocycles. The summed E-state index contributed by atoms with van der Waals surface area (Å²) in [6, 6.07) is 8.69. The second kappa shape index (κ2) is 6.52. The summed E-state index contributed by atoms with van der Waals surface area (Å²) in [7, 11) is -3.87. The summed E-state index contributed by atoms with van der Waals surface area (Å²) in [5, 5.41) is 0. The fourth-order valence-corrected chi connectivity index (χ4v) is 5.83. The van der Waals surface area contributed by atoms with E-state index in [1.54, 1.807) is 0 Å². The molecule has 0 aliphatic carbocycles. The molecule has 138 valence electrons. The summed E-state index contributed by atoms with van der Waals surface area (Å²) >= 11 is 0. The lowest BCUT2D eigenvalue weighted by Crippen LogP contribution is -2.51. The van der Waals surface area contributed by atoms with E-state index in [1.807, 2.05) is 58.0 Å². The van der Waals surface area contributed by atoms with Gasteiger partial charge in [-0.15, -0.1) is 0 Å². The van der Waals surface area contributed by atoms with E-state index in [1.165, 1.54) is 4.31 Å². The zero-order chi connectivity index (χ0) is 19.2. The Morgan fingerprint density at radius 1 is 1.04 bits per heavy atom. The Bertz CT molecular complexity index is 970. The maximum atomic E-state index is 13.6. The number of rotatable bonds is 3. The van der Waals surface area contributed by atoms with Crippen molar-refractivity contribution in [1.29, 1.82) is 0 Å². The molecule has 0 spiro atoms. The molecule has 2 aromatic carbocycles. The predicted molar refractivity (Wildman–Crippen MR) is 101 cm³/mol. The number of carbonyl (C=O) groups is 1. The monoisotopic (exact) mass is 372 g/mol. The van der Waals surface area contributed by atoms with Crippen LogP contribution in [0.2, 0.25) is 0 Å². The minimum Gasteiger partial charge on any atom is -0.368 e. The van der Waals surface area contributed by atoms with Crippen LogP contribution in [0.5, 0.6) is 0 Å². The fraction of sp³-hybridized carbons (Fsp3) is 0.350. The van der Waals surface area contributed by atoms with E-state index in [4.69, 9.17) is 5.73 Å². The molecular weight excluding hydrogens is 348 g/mol. The zero-order valence-electron chi connectivity index (χ0n) is 15.5. The highest BCUT2D eigenvalue weighted by molar-refractivity contribution is 7.89. The Balaban J connectivity index is 2.19. The van der Waals surface area contributed by atoms with Crippen LogP contribution in [0, 0.1) is 27.7 Å². The number of hydrogen-bond acceptors (Lipinski definition) is 3. The molecule has 0 radical (unpaired) electrons. The summed E-state index contributed by atoms with van der Waals surface area (Å²) < 4.78 is 28.4. The van der Waals surface area contributed by atoms with Crippen molar-refractivity contribution in [3.8, 4) is 0 Å². The van der Waals surface area contributed by atoms with Gasteiger partial charge in [0.25, 0.3) is 0 Å². The third-order valence-corrected chi connectivity index (χ3v) is 7.53. The summed E-state index contributed by atoms with van der Waals surface area (Å²) in [5.41, 5.74) is 10.7. The van der Waals surface area contributed by atoms with Crippen molar-refractivity contribution in [2.24, 2.45) is 5.73 Å². The first-order chi connectivity index (χ1) is 12.1. The van der Waals surface area contributed by atoms with Gasteiger partial charge in [-0.2, -0.15) is 4.31 Å². The lowest BCUT2D eigenvalue weighted by atomic mass is 9.95. The maximum absolute atomic E-state index is 13.6. The number of sulfonamides is 1. The van der Waals surface area contributed by atoms with Gasteiger partial charge < -0.3 is 5.73 Å². The van der Waals surface area contributed by atoms with Crippen LogP contribution in [0.15, 0.2) is 35.2 Å². The molecule has 2 aromatic rings. The third-order valence-electron chi connectivity index (χ3n) is 5.40. The van der Waals surface area contributed by atoms with Crippen molar-refractivity contribution in [1.82, 2.24) is 4.31 Å². The van der Waals surface area contributed by atoms with Crippen LogP contribution in [0.1, 0.15) is 33.4 Å². The number of hydrogen-bond donors (Lipinski definition) is 1. The van der Waals surface area contributed by atoms with E-state index in [2.05, 4.69) is 0 Å². The number of benzene rings is 2. The molecule has 0 unspecified atom stereocenters. The smallest absolute Gasteiger partial charge is 0.244 e. The Kier molecular flexibility index (Phi) is 4.67. The average Bonchev–Trinajstić information content (AvgIpc) is 2.58. The van der Waals surface area contributed by atoms with E-state index < -0.39 is 22.0 Å². The number of aryl methyl sites for hydroxylation is 2. The first-order valence-electron chi connectivity index (χ1n) is 8.60. The number of primary amides is 1. The highest BCUT2D eigenvalue weighted by atomic mass is 32.2. The van der Waals surface area contributed by atoms with E-state index in [-0.39, 0.29) is 6.54 Å². The minimum absolute atomic E-state index is 0.151. The van der Waals surface area contributed by atoms with Gasteiger partial charge in [-0.05, 0) is 67.5 Å². The van der Waals surface area contributed by atoms with Gasteiger partial charge in [-0.3, -0.25) is 4.79 Å². The van der Waals surface area contributed by atoms with Gasteiger partial charge in [-0.25, -0.2) is 8.42 Å². The van der Waals surface area contributed by atoms with E-state index in [0.717, 1.165) is 33.4 Å². The molecule has 6 heteroatoms. The first kappa shape index (κ1) is 18.6. The lowest BCUT2D eigenvalue weighted by molar-refractivity contribution is -0.122. The van der Waals surface area contributed by atoms with E-state index in [9.17, 15) is 13.2 Å². The van der Waals surface area contributed by atoms with Crippen LogP contribution in [0.4, 0.5) is 0 Å². The average molecular weight is 372 g/mol. The van der Waals surface area contributed by atoms with Gasteiger partial charge in [-0.1, -0.05) is 30.3 Å². The summed E-state index contributed by atoms with van der Waals surface area (Å²) in [5.74, 6) is -0.622. The normalized spacial score (nSPS) is 17.8. The molecule has 0 bridgehead atoms. The Labute approximate surface area is 154 Å². The molecule has 3 rings (SSSR count). The van der Waals surface area contributed by atoms with Crippen molar-refractivity contribution in [3.63, 3.8) is 0 Å². The molecule has 0 saturated heterocycles. The van der Waals surface area contributed by atoms with Crippen molar-refractivity contribution < 1.29 is 13.2 Å². The van der Waals surface area contributed by atoms with Crippen LogP contribution in [0.3, 0.4) is 0 Å². The second-order valence-electron chi connectivity index (χ2n) is 7.03. The van der Waals surface area contributed by atoms with Crippen molar-refractivity contribution in [2.75, 3.05) is 0 Å². The molecule has 1 amide bonds. The molecular formula is C20H24N2O3S.